The van der Waals surface area contributed by atoms with Gasteiger partial charge in [0.2, 0.25) is 0 Å². The van der Waals surface area contributed by atoms with Crippen molar-refractivity contribution in [3.8, 4) is 0 Å². The summed E-state index contributed by atoms with van der Waals surface area (Å²) in [7, 11) is 1.81. The van der Waals surface area contributed by atoms with Crippen molar-refractivity contribution in [2.75, 3.05) is 26.8 Å². The molecule has 1 heterocycles. The first kappa shape index (κ1) is 16.3. The fourth-order valence-corrected chi connectivity index (χ4v) is 3.74. The van der Waals surface area contributed by atoms with Gasteiger partial charge in [-0.25, -0.2) is 0 Å². The van der Waals surface area contributed by atoms with Gasteiger partial charge in [-0.3, -0.25) is 4.90 Å². The van der Waals surface area contributed by atoms with Gasteiger partial charge in [-0.05, 0) is 44.9 Å². The normalized spacial score (nSPS) is 35.0. The van der Waals surface area contributed by atoms with Crippen LogP contribution in [0.3, 0.4) is 0 Å². The van der Waals surface area contributed by atoms with Crippen LogP contribution in [0.4, 0.5) is 0 Å². The maximum Gasteiger partial charge on any atom is 0.0477 e. The van der Waals surface area contributed by atoms with E-state index in [-0.39, 0.29) is 0 Å². The average Bonchev–Trinajstić information content (AvgIpc) is 3.28. The third kappa shape index (κ3) is 3.55. The van der Waals surface area contributed by atoms with Crippen LogP contribution in [0, 0.1) is 11.8 Å². The van der Waals surface area contributed by atoms with Crippen LogP contribution in [0.5, 0.6) is 0 Å². The Balaban J connectivity index is 2.05. The summed E-state index contributed by atoms with van der Waals surface area (Å²) in [5.41, 5.74) is 0.339. The van der Waals surface area contributed by atoms with Gasteiger partial charge in [0.1, 0.15) is 0 Å². The van der Waals surface area contributed by atoms with Crippen LogP contribution in [-0.2, 0) is 4.74 Å². The van der Waals surface area contributed by atoms with E-state index in [4.69, 9.17) is 4.74 Å². The van der Waals surface area contributed by atoms with Crippen molar-refractivity contribution in [1.82, 2.24) is 10.2 Å². The molecule has 1 saturated heterocycles. The van der Waals surface area contributed by atoms with Crippen molar-refractivity contribution in [3.05, 3.63) is 0 Å². The van der Waals surface area contributed by atoms with Crippen LogP contribution in [0.2, 0.25) is 0 Å². The number of nitrogens with one attached hydrogen (secondary N) is 1. The molecular formula is C17H34N2O. The molecule has 0 amide bonds. The Morgan fingerprint density at radius 2 is 2.05 bits per heavy atom. The average molecular weight is 282 g/mol. The standard InChI is InChI=1S/C17H34N2O/c1-6-13(2)16-11-18-17(4,15-7-8-15)12-19(16)14(3)9-10-20-5/h13-16,18H,6-12H2,1-5H3. The molecule has 118 valence electrons. The smallest absolute Gasteiger partial charge is 0.0477 e. The monoisotopic (exact) mass is 282 g/mol. The van der Waals surface area contributed by atoms with E-state index in [0.29, 0.717) is 17.6 Å². The van der Waals surface area contributed by atoms with Crippen molar-refractivity contribution in [2.24, 2.45) is 11.8 Å². The molecule has 0 aromatic carbocycles. The van der Waals surface area contributed by atoms with Crippen LogP contribution in [0.1, 0.15) is 53.4 Å². The molecule has 1 saturated carbocycles. The molecule has 0 aromatic heterocycles. The Kier molecular flexibility index (Phi) is 5.49. The van der Waals surface area contributed by atoms with Gasteiger partial charge in [-0.2, -0.15) is 0 Å². The Bertz CT molecular complexity index is 305. The summed E-state index contributed by atoms with van der Waals surface area (Å²) in [6.45, 7) is 12.8. The fraction of sp³-hybridized carbons (Fsp3) is 1.00. The zero-order chi connectivity index (χ0) is 14.8. The molecule has 2 fully saturated rings. The highest BCUT2D eigenvalue weighted by Crippen LogP contribution is 2.42. The van der Waals surface area contributed by atoms with Crippen LogP contribution < -0.4 is 5.32 Å². The minimum Gasteiger partial charge on any atom is -0.385 e. The highest BCUT2D eigenvalue weighted by Gasteiger charge is 2.47. The minimum atomic E-state index is 0.339. The van der Waals surface area contributed by atoms with Crippen LogP contribution in [0.25, 0.3) is 0 Å². The third-order valence-electron chi connectivity index (χ3n) is 5.74. The summed E-state index contributed by atoms with van der Waals surface area (Å²) < 4.78 is 5.29. The second-order valence-corrected chi connectivity index (χ2v) is 7.33. The van der Waals surface area contributed by atoms with Gasteiger partial charge < -0.3 is 10.1 Å². The number of rotatable bonds is 7. The number of nitrogens with zero attached hydrogens (tertiary/aromatic N) is 1. The first-order chi connectivity index (χ1) is 9.51. The number of methoxy groups -OCH3 is 1. The lowest BCUT2D eigenvalue weighted by molar-refractivity contribution is 0.00968. The van der Waals surface area contributed by atoms with Gasteiger partial charge in [0.15, 0.2) is 0 Å². The molecule has 3 heteroatoms. The first-order valence-electron chi connectivity index (χ1n) is 8.51. The lowest BCUT2D eigenvalue weighted by atomic mass is 9.85. The first-order valence-corrected chi connectivity index (χ1v) is 8.51. The molecule has 1 N–H and O–H groups in total. The predicted molar refractivity (Wildman–Crippen MR) is 85.0 cm³/mol. The number of ether oxygens (including phenoxy) is 1. The van der Waals surface area contributed by atoms with Crippen molar-refractivity contribution < 1.29 is 4.74 Å². The zero-order valence-corrected chi connectivity index (χ0v) is 14.1. The Morgan fingerprint density at radius 1 is 1.35 bits per heavy atom. The number of hydrogen-bond donors (Lipinski definition) is 1. The Morgan fingerprint density at radius 3 is 2.60 bits per heavy atom. The highest BCUT2D eigenvalue weighted by atomic mass is 16.5. The molecule has 0 radical (unpaired) electrons. The quantitative estimate of drug-likeness (QED) is 0.777. The molecular weight excluding hydrogens is 248 g/mol. The molecule has 1 aliphatic heterocycles. The van der Waals surface area contributed by atoms with E-state index in [0.717, 1.165) is 31.4 Å². The predicted octanol–water partition coefficient (Wildman–Crippen LogP) is 2.90. The minimum absolute atomic E-state index is 0.339. The maximum absolute atomic E-state index is 5.29. The van der Waals surface area contributed by atoms with E-state index < -0.39 is 0 Å². The Hall–Kier alpha value is -0.120. The largest absolute Gasteiger partial charge is 0.385 e. The molecule has 20 heavy (non-hydrogen) atoms. The van der Waals surface area contributed by atoms with Crippen molar-refractivity contribution >= 4 is 0 Å². The molecule has 2 rings (SSSR count). The Labute approximate surface area is 125 Å². The zero-order valence-electron chi connectivity index (χ0n) is 14.1. The molecule has 0 bridgehead atoms. The number of piperazine rings is 1. The second kappa shape index (κ2) is 6.76. The lowest BCUT2D eigenvalue weighted by Crippen LogP contribution is -2.67. The summed E-state index contributed by atoms with van der Waals surface area (Å²) in [5.74, 6) is 1.66. The molecule has 1 aliphatic carbocycles. The topological polar surface area (TPSA) is 24.5 Å². The number of hydrogen-bond acceptors (Lipinski definition) is 3. The van der Waals surface area contributed by atoms with Crippen molar-refractivity contribution in [3.63, 3.8) is 0 Å². The summed E-state index contributed by atoms with van der Waals surface area (Å²) in [5, 5.41) is 3.89. The van der Waals surface area contributed by atoms with E-state index in [9.17, 15) is 0 Å². The van der Waals surface area contributed by atoms with Gasteiger partial charge in [-0.15, -0.1) is 0 Å². The molecule has 0 spiro atoms. The van der Waals surface area contributed by atoms with Gasteiger partial charge >= 0.3 is 0 Å². The summed E-state index contributed by atoms with van der Waals surface area (Å²) >= 11 is 0. The van der Waals surface area contributed by atoms with E-state index in [1.165, 1.54) is 25.8 Å². The van der Waals surface area contributed by atoms with Gasteiger partial charge in [0.05, 0.1) is 0 Å². The fourth-order valence-electron chi connectivity index (χ4n) is 3.74. The van der Waals surface area contributed by atoms with E-state index >= 15 is 0 Å². The van der Waals surface area contributed by atoms with E-state index in [1.54, 1.807) is 0 Å². The van der Waals surface area contributed by atoms with Gasteiger partial charge in [0.25, 0.3) is 0 Å². The molecule has 3 nitrogen and oxygen atoms in total. The summed E-state index contributed by atoms with van der Waals surface area (Å²) in [6, 6.07) is 1.30. The molecule has 2 aliphatic rings. The maximum atomic E-state index is 5.29. The van der Waals surface area contributed by atoms with Crippen LogP contribution in [0.15, 0.2) is 0 Å². The van der Waals surface area contributed by atoms with E-state index in [1.807, 2.05) is 7.11 Å². The second-order valence-electron chi connectivity index (χ2n) is 7.33. The highest BCUT2D eigenvalue weighted by molar-refractivity contribution is 5.05. The summed E-state index contributed by atoms with van der Waals surface area (Å²) in [4.78, 5) is 2.78. The van der Waals surface area contributed by atoms with Crippen molar-refractivity contribution in [2.45, 2.75) is 71.0 Å². The van der Waals surface area contributed by atoms with Crippen LogP contribution >= 0.6 is 0 Å². The molecule has 0 aromatic rings. The van der Waals surface area contributed by atoms with Gasteiger partial charge in [-0.1, -0.05) is 20.3 Å². The van der Waals surface area contributed by atoms with Crippen LogP contribution in [-0.4, -0.2) is 49.3 Å². The SMILES string of the molecule is CCC(C)C1CNC(C)(C2CC2)CN1C(C)CCOC. The molecule has 4 atom stereocenters. The van der Waals surface area contributed by atoms with Gasteiger partial charge in [0, 0.05) is 44.4 Å². The van der Waals surface area contributed by atoms with Crippen molar-refractivity contribution in [1.29, 1.82) is 0 Å². The van der Waals surface area contributed by atoms with E-state index in [2.05, 4.69) is 37.9 Å². The lowest BCUT2D eigenvalue weighted by Gasteiger charge is -2.51. The summed E-state index contributed by atoms with van der Waals surface area (Å²) in [6.07, 6.45) is 5.24. The molecule has 4 unspecified atom stereocenters. The third-order valence-corrected chi connectivity index (χ3v) is 5.74.